The molecule has 0 atom stereocenters. The fourth-order valence-corrected chi connectivity index (χ4v) is 1.82. The summed E-state index contributed by atoms with van der Waals surface area (Å²) in [6.07, 6.45) is 2.40. The van der Waals surface area contributed by atoms with Crippen LogP contribution in [-0.2, 0) is 0 Å². The van der Waals surface area contributed by atoms with E-state index in [9.17, 15) is 0 Å². The normalized spacial score (nSPS) is 10.1. The summed E-state index contributed by atoms with van der Waals surface area (Å²) in [7, 11) is 0. The van der Waals surface area contributed by atoms with E-state index in [2.05, 4.69) is 54.0 Å². The number of para-hydroxylation sites is 3. The van der Waals surface area contributed by atoms with Crippen molar-refractivity contribution in [1.82, 2.24) is 0 Å². The second-order valence-electron chi connectivity index (χ2n) is 4.32. The van der Waals surface area contributed by atoms with E-state index < -0.39 is 0 Å². The summed E-state index contributed by atoms with van der Waals surface area (Å²) in [4.78, 5) is 0. The summed E-state index contributed by atoms with van der Waals surface area (Å²) in [6.45, 7) is 3.22. The Morgan fingerprint density at radius 1 is 0.833 bits per heavy atom. The number of unbranched alkanes of at least 4 members (excludes halogenated alkanes) is 1. The van der Waals surface area contributed by atoms with Crippen LogP contribution in [0, 0.1) is 0 Å². The molecule has 2 aromatic rings. The minimum absolute atomic E-state index is 1.02. The molecule has 0 fully saturated rings. The largest absolute Gasteiger partial charge is 0.383 e. The number of hydrogen-bond donors (Lipinski definition) is 2. The molecular weight excluding hydrogens is 220 g/mol. The highest BCUT2D eigenvalue weighted by molar-refractivity contribution is 5.74. The maximum atomic E-state index is 3.47. The lowest BCUT2D eigenvalue weighted by Crippen LogP contribution is -2.03. The highest BCUT2D eigenvalue weighted by atomic mass is 15.0. The zero-order chi connectivity index (χ0) is 12.6. The van der Waals surface area contributed by atoms with Gasteiger partial charge in [0.25, 0.3) is 0 Å². The minimum atomic E-state index is 1.02. The summed E-state index contributed by atoms with van der Waals surface area (Å²) in [6, 6.07) is 18.6. The third-order valence-corrected chi connectivity index (χ3v) is 2.83. The van der Waals surface area contributed by atoms with Crippen LogP contribution in [0.5, 0.6) is 0 Å². The molecule has 0 saturated carbocycles. The SMILES string of the molecule is CCCCNc1ccccc1Nc1ccccc1. The van der Waals surface area contributed by atoms with Gasteiger partial charge in [0, 0.05) is 12.2 Å². The quantitative estimate of drug-likeness (QED) is 0.719. The molecule has 0 unspecified atom stereocenters. The maximum Gasteiger partial charge on any atom is 0.0620 e. The first-order chi connectivity index (χ1) is 8.90. The van der Waals surface area contributed by atoms with Crippen LogP contribution in [0.25, 0.3) is 0 Å². The van der Waals surface area contributed by atoms with E-state index in [0.29, 0.717) is 0 Å². The van der Waals surface area contributed by atoms with Gasteiger partial charge in [0.05, 0.1) is 11.4 Å². The van der Waals surface area contributed by atoms with Gasteiger partial charge in [-0.2, -0.15) is 0 Å². The van der Waals surface area contributed by atoms with Gasteiger partial charge in [-0.1, -0.05) is 43.7 Å². The fraction of sp³-hybridized carbons (Fsp3) is 0.250. The van der Waals surface area contributed by atoms with Gasteiger partial charge in [-0.15, -0.1) is 0 Å². The van der Waals surface area contributed by atoms with E-state index in [0.717, 1.165) is 23.6 Å². The summed E-state index contributed by atoms with van der Waals surface area (Å²) < 4.78 is 0. The van der Waals surface area contributed by atoms with Gasteiger partial charge in [0.15, 0.2) is 0 Å². The van der Waals surface area contributed by atoms with Crippen molar-refractivity contribution in [3.63, 3.8) is 0 Å². The Hall–Kier alpha value is -1.96. The molecule has 0 aliphatic rings. The fourth-order valence-electron chi connectivity index (χ4n) is 1.82. The van der Waals surface area contributed by atoms with Crippen LogP contribution in [0.15, 0.2) is 54.6 Å². The third kappa shape index (κ3) is 3.52. The molecule has 94 valence electrons. The summed E-state index contributed by atoms with van der Waals surface area (Å²) >= 11 is 0. The number of hydrogen-bond acceptors (Lipinski definition) is 2. The zero-order valence-electron chi connectivity index (χ0n) is 10.8. The first-order valence-corrected chi connectivity index (χ1v) is 6.55. The van der Waals surface area contributed by atoms with Crippen molar-refractivity contribution >= 4 is 17.1 Å². The van der Waals surface area contributed by atoms with Crippen molar-refractivity contribution in [3.8, 4) is 0 Å². The summed E-state index contributed by atoms with van der Waals surface area (Å²) in [5.74, 6) is 0. The van der Waals surface area contributed by atoms with E-state index in [1.807, 2.05) is 18.2 Å². The number of anilines is 3. The van der Waals surface area contributed by atoms with Crippen LogP contribution in [0.3, 0.4) is 0 Å². The lowest BCUT2D eigenvalue weighted by molar-refractivity contribution is 0.834. The topological polar surface area (TPSA) is 24.1 Å². The molecule has 2 heteroatoms. The van der Waals surface area contributed by atoms with Gasteiger partial charge in [-0.3, -0.25) is 0 Å². The molecule has 0 aliphatic heterocycles. The molecule has 0 amide bonds. The van der Waals surface area contributed by atoms with Crippen molar-refractivity contribution in [3.05, 3.63) is 54.6 Å². The van der Waals surface area contributed by atoms with E-state index in [1.165, 1.54) is 12.8 Å². The Balaban J connectivity index is 2.07. The highest BCUT2D eigenvalue weighted by Crippen LogP contribution is 2.24. The maximum absolute atomic E-state index is 3.47. The highest BCUT2D eigenvalue weighted by Gasteiger charge is 2.00. The third-order valence-electron chi connectivity index (χ3n) is 2.83. The smallest absolute Gasteiger partial charge is 0.0620 e. The van der Waals surface area contributed by atoms with Crippen LogP contribution >= 0.6 is 0 Å². The molecule has 0 saturated heterocycles. The lowest BCUT2D eigenvalue weighted by atomic mass is 10.2. The molecule has 0 bridgehead atoms. The Labute approximate surface area is 109 Å². The Morgan fingerprint density at radius 3 is 2.22 bits per heavy atom. The van der Waals surface area contributed by atoms with Gasteiger partial charge in [-0.25, -0.2) is 0 Å². The van der Waals surface area contributed by atoms with Crippen molar-refractivity contribution in [1.29, 1.82) is 0 Å². The van der Waals surface area contributed by atoms with Gasteiger partial charge in [0.2, 0.25) is 0 Å². The predicted octanol–water partition coefficient (Wildman–Crippen LogP) is 4.64. The monoisotopic (exact) mass is 240 g/mol. The van der Waals surface area contributed by atoms with E-state index in [-0.39, 0.29) is 0 Å². The first kappa shape index (κ1) is 12.5. The molecule has 0 aromatic heterocycles. The molecule has 0 aliphatic carbocycles. The van der Waals surface area contributed by atoms with E-state index >= 15 is 0 Å². The molecule has 2 rings (SSSR count). The molecule has 2 N–H and O–H groups in total. The van der Waals surface area contributed by atoms with Crippen LogP contribution in [-0.4, -0.2) is 6.54 Å². The molecule has 0 spiro atoms. The van der Waals surface area contributed by atoms with E-state index in [1.54, 1.807) is 0 Å². The molecule has 2 nitrogen and oxygen atoms in total. The van der Waals surface area contributed by atoms with Gasteiger partial charge >= 0.3 is 0 Å². The number of rotatable bonds is 6. The van der Waals surface area contributed by atoms with Gasteiger partial charge < -0.3 is 10.6 Å². The lowest BCUT2D eigenvalue weighted by Gasteiger charge is -2.13. The summed E-state index contributed by atoms with van der Waals surface area (Å²) in [5.41, 5.74) is 3.40. The van der Waals surface area contributed by atoms with Crippen LogP contribution < -0.4 is 10.6 Å². The Kier molecular flexibility index (Phi) is 4.65. The first-order valence-electron chi connectivity index (χ1n) is 6.55. The molecule has 0 heterocycles. The van der Waals surface area contributed by atoms with Gasteiger partial charge in [0.1, 0.15) is 0 Å². The Morgan fingerprint density at radius 2 is 1.50 bits per heavy atom. The average molecular weight is 240 g/mol. The van der Waals surface area contributed by atoms with E-state index in [4.69, 9.17) is 0 Å². The molecule has 18 heavy (non-hydrogen) atoms. The molecule has 2 aromatic carbocycles. The van der Waals surface area contributed by atoms with Gasteiger partial charge in [-0.05, 0) is 30.7 Å². The Bertz CT molecular complexity index is 466. The molecular formula is C16H20N2. The second kappa shape index (κ2) is 6.70. The molecule has 0 radical (unpaired) electrons. The van der Waals surface area contributed by atoms with Crippen LogP contribution in [0.4, 0.5) is 17.1 Å². The van der Waals surface area contributed by atoms with Crippen molar-refractivity contribution in [2.45, 2.75) is 19.8 Å². The second-order valence-corrected chi connectivity index (χ2v) is 4.32. The van der Waals surface area contributed by atoms with Crippen LogP contribution in [0.2, 0.25) is 0 Å². The van der Waals surface area contributed by atoms with Crippen molar-refractivity contribution < 1.29 is 0 Å². The number of nitrogens with one attached hydrogen (secondary N) is 2. The number of benzene rings is 2. The predicted molar refractivity (Wildman–Crippen MR) is 79.6 cm³/mol. The van der Waals surface area contributed by atoms with Crippen molar-refractivity contribution in [2.24, 2.45) is 0 Å². The zero-order valence-corrected chi connectivity index (χ0v) is 10.8. The van der Waals surface area contributed by atoms with Crippen molar-refractivity contribution in [2.75, 3.05) is 17.2 Å². The summed E-state index contributed by atoms with van der Waals surface area (Å²) in [5, 5.41) is 6.91. The minimum Gasteiger partial charge on any atom is -0.383 e. The standard InChI is InChI=1S/C16H20N2/c1-2-3-13-17-15-11-7-8-12-16(15)18-14-9-5-4-6-10-14/h4-12,17-18H,2-3,13H2,1H3. The average Bonchev–Trinajstić information content (AvgIpc) is 2.42. The van der Waals surface area contributed by atoms with Crippen LogP contribution in [0.1, 0.15) is 19.8 Å².